The fraction of sp³-hybridized carbons (Fsp3) is 0.133. The van der Waals surface area contributed by atoms with Gasteiger partial charge in [-0.1, -0.05) is 50.1 Å². The molecule has 5 heteroatoms. The number of benzene rings is 2. The lowest BCUT2D eigenvalue weighted by molar-refractivity contribution is 0.0783. The van der Waals surface area contributed by atoms with Crippen molar-refractivity contribution in [3.05, 3.63) is 68.4 Å². The summed E-state index contributed by atoms with van der Waals surface area (Å²) in [6, 6.07) is 11.8. The van der Waals surface area contributed by atoms with E-state index in [0.29, 0.717) is 11.1 Å². The third-order valence-electron chi connectivity index (χ3n) is 2.82. The van der Waals surface area contributed by atoms with E-state index in [2.05, 4.69) is 31.9 Å². The summed E-state index contributed by atoms with van der Waals surface area (Å²) in [4.78, 5) is 13.8. The highest BCUT2D eigenvalue weighted by molar-refractivity contribution is 9.11. The lowest BCUT2D eigenvalue weighted by Crippen LogP contribution is -2.26. The molecule has 0 aromatic heterocycles. The predicted octanol–water partition coefficient (Wildman–Crippen LogP) is 4.62. The van der Waals surface area contributed by atoms with Gasteiger partial charge in [-0.3, -0.25) is 4.79 Å². The van der Waals surface area contributed by atoms with Crippen molar-refractivity contribution >= 4 is 37.8 Å². The Morgan fingerprint density at radius 3 is 2.35 bits per heavy atom. The molecule has 0 aliphatic rings. The van der Waals surface area contributed by atoms with Crippen molar-refractivity contribution in [3.8, 4) is 0 Å². The molecule has 2 rings (SSSR count). The van der Waals surface area contributed by atoms with Crippen LogP contribution in [0, 0.1) is 5.82 Å². The molecule has 0 spiro atoms. The average molecular weight is 401 g/mol. The molecule has 0 saturated heterocycles. The Hall–Kier alpha value is -1.20. The molecule has 1 amide bonds. The molecule has 104 valence electrons. The van der Waals surface area contributed by atoms with Crippen LogP contribution in [0.4, 0.5) is 4.39 Å². The van der Waals surface area contributed by atoms with Gasteiger partial charge in [0.05, 0.1) is 0 Å². The predicted molar refractivity (Wildman–Crippen MR) is 84.0 cm³/mol. The van der Waals surface area contributed by atoms with Crippen LogP contribution < -0.4 is 0 Å². The van der Waals surface area contributed by atoms with Crippen LogP contribution in [0.15, 0.2) is 51.4 Å². The molecule has 0 unspecified atom stereocenters. The van der Waals surface area contributed by atoms with E-state index in [1.165, 1.54) is 11.0 Å². The van der Waals surface area contributed by atoms with Crippen LogP contribution in [0.1, 0.15) is 15.9 Å². The first-order chi connectivity index (χ1) is 9.47. The number of nitrogens with zero attached hydrogens (tertiary/aromatic N) is 1. The largest absolute Gasteiger partial charge is 0.337 e. The monoisotopic (exact) mass is 399 g/mol. The maximum atomic E-state index is 13.6. The van der Waals surface area contributed by atoms with Crippen LogP contribution in [0.5, 0.6) is 0 Å². The fourth-order valence-corrected chi connectivity index (χ4v) is 3.15. The van der Waals surface area contributed by atoms with Gasteiger partial charge in [0.15, 0.2) is 0 Å². The molecule has 2 aromatic rings. The van der Waals surface area contributed by atoms with Gasteiger partial charge in [0.1, 0.15) is 5.82 Å². The molecule has 0 saturated carbocycles. The van der Waals surface area contributed by atoms with E-state index in [9.17, 15) is 9.18 Å². The topological polar surface area (TPSA) is 20.3 Å². The van der Waals surface area contributed by atoms with Gasteiger partial charge in [0.25, 0.3) is 5.91 Å². The van der Waals surface area contributed by atoms with E-state index >= 15 is 0 Å². The van der Waals surface area contributed by atoms with Crippen molar-refractivity contribution < 1.29 is 9.18 Å². The SMILES string of the molecule is CN(Cc1ccccc1F)C(=O)c1cc(Br)cc(Br)c1. The van der Waals surface area contributed by atoms with Crippen molar-refractivity contribution in [2.24, 2.45) is 0 Å². The summed E-state index contributed by atoms with van der Waals surface area (Å²) in [6.07, 6.45) is 0. The molecular weight excluding hydrogens is 389 g/mol. The quantitative estimate of drug-likeness (QED) is 0.735. The number of carbonyl (C=O) groups excluding carboxylic acids is 1. The number of carbonyl (C=O) groups is 1. The van der Waals surface area contributed by atoms with E-state index in [0.717, 1.165) is 8.95 Å². The standard InChI is InChI=1S/C15H12Br2FNO/c1-19(9-10-4-2-3-5-14(10)18)15(20)11-6-12(16)8-13(17)7-11/h2-8H,9H2,1H3. The normalized spacial score (nSPS) is 10.4. The second kappa shape index (κ2) is 6.50. The zero-order valence-corrected chi connectivity index (χ0v) is 13.9. The summed E-state index contributed by atoms with van der Waals surface area (Å²) < 4.78 is 15.2. The molecular formula is C15H12Br2FNO. The van der Waals surface area contributed by atoms with Gasteiger partial charge >= 0.3 is 0 Å². The van der Waals surface area contributed by atoms with Gasteiger partial charge < -0.3 is 4.90 Å². The maximum Gasteiger partial charge on any atom is 0.253 e. The Bertz CT molecular complexity index is 625. The van der Waals surface area contributed by atoms with Crippen molar-refractivity contribution in [2.75, 3.05) is 7.05 Å². The summed E-state index contributed by atoms with van der Waals surface area (Å²) in [5, 5.41) is 0. The first-order valence-corrected chi connectivity index (χ1v) is 7.51. The molecule has 0 fully saturated rings. The Kier molecular flexibility index (Phi) is 4.94. The third-order valence-corrected chi connectivity index (χ3v) is 3.74. The lowest BCUT2D eigenvalue weighted by Gasteiger charge is -2.18. The van der Waals surface area contributed by atoms with E-state index in [1.807, 2.05) is 6.07 Å². The van der Waals surface area contributed by atoms with Crippen LogP contribution in [0.2, 0.25) is 0 Å². The number of rotatable bonds is 3. The van der Waals surface area contributed by atoms with Crippen molar-refractivity contribution in [3.63, 3.8) is 0 Å². The van der Waals surface area contributed by atoms with E-state index in [4.69, 9.17) is 0 Å². The van der Waals surface area contributed by atoms with Crippen LogP contribution in [0.3, 0.4) is 0 Å². The minimum atomic E-state index is -0.303. The zero-order chi connectivity index (χ0) is 14.7. The number of halogens is 3. The minimum Gasteiger partial charge on any atom is -0.337 e. The van der Waals surface area contributed by atoms with Crippen LogP contribution in [0.25, 0.3) is 0 Å². The highest BCUT2D eigenvalue weighted by Crippen LogP contribution is 2.21. The van der Waals surface area contributed by atoms with Crippen molar-refractivity contribution in [1.82, 2.24) is 4.90 Å². The smallest absolute Gasteiger partial charge is 0.253 e. The summed E-state index contributed by atoms with van der Waals surface area (Å²) in [5.74, 6) is -0.460. The van der Waals surface area contributed by atoms with E-state index in [1.54, 1.807) is 37.4 Å². The Labute approximate surface area is 133 Å². The zero-order valence-electron chi connectivity index (χ0n) is 10.7. The summed E-state index contributed by atoms with van der Waals surface area (Å²) >= 11 is 6.70. The first-order valence-electron chi connectivity index (χ1n) is 5.92. The molecule has 2 nitrogen and oxygen atoms in total. The van der Waals surface area contributed by atoms with Gasteiger partial charge in [0, 0.05) is 33.7 Å². The lowest BCUT2D eigenvalue weighted by atomic mass is 10.1. The van der Waals surface area contributed by atoms with Gasteiger partial charge in [-0.15, -0.1) is 0 Å². The molecule has 0 atom stereocenters. The third kappa shape index (κ3) is 3.67. The van der Waals surface area contributed by atoms with Gasteiger partial charge in [-0.2, -0.15) is 0 Å². The summed E-state index contributed by atoms with van der Waals surface area (Å²) in [5.41, 5.74) is 1.04. The minimum absolute atomic E-state index is 0.157. The Morgan fingerprint density at radius 2 is 1.75 bits per heavy atom. The van der Waals surface area contributed by atoms with Crippen LogP contribution in [-0.2, 0) is 6.54 Å². The number of hydrogen-bond acceptors (Lipinski definition) is 1. The van der Waals surface area contributed by atoms with Crippen LogP contribution in [-0.4, -0.2) is 17.9 Å². The summed E-state index contributed by atoms with van der Waals surface area (Å²) in [7, 11) is 1.66. The number of hydrogen-bond donors (Lipinski definition) is 0. The van der Waals surface area contributed by atoms with Crippen molar-refractivity contribution in [1.29, 1.82) is 0 Å². The molecule has 20 heavy (non-hydrogen) atoms. The van der Waals surface area contributed by atoms with E-state index in [-0.39, 0.29) is 18.3 Å². The highest BCUT2D eigenvalue weighted by Gasteiger charge is 2.14. The van der Waals surface area contributed by atoms with Gasteiger partial charge in [-0.25, -0.2) is 4.39 Å². The Morgan fingerprint density at radius 1 is 1.15 bits per heavy atom. The first kappa shape index (κ1) is 15.2. The number of amides is 1. The molecule has 0 bridgehead atoms. The van der Waals surface area contributed by atoms with Crippen molar-refractivity contribution in [2.45, 2.75) is 6.54 Å². The van der Waals surface area contributed by atoms with Gasteiger partial charge in [0.2, 0.25) is 0 Å². The molecule has 0 radical (unpaired) electrons. The molecule has 0 heterocycles. The summed E-state index contributed by atoms with van der Waals surface area (Å²) in [6.45, 7) is 0.232. The van der Waals surface area contributed by atoms with Gasteiger partial charge in [-0.05, 0) is 24.3 Å². The second-order valence-electron chi connectivity index (χ2n) is 4.41. The molecule has 0 N–H and O–H groups in total. The fourth-order valence-electron chi connectivity index (χ4n) is 1.85. The molecule has 0 aliphatic carbocycles. The molecule has 0 aliphatic heterocycles. The van der Waals surface area contributed by atoms with E-state index < -0.39 is 0 Å². The Balaban J connectivity index is 2.18. The van der Waals surface area contributed by atoms with Crippen LogP contribution >= 0.6 is 31.9 Å². The highest BCUT2D eigenvalue weighted by atomic mass is 79.9. The maximum absolute atomic E-state index is 13.6. The second-order valence-corrected chi connectivity index (χ2v) is 6.24. The molecule has 2 aromatic carbocycles. The average Bonchev–Trinajstić information content (AvgIpc) is 2.39.